The molecular weight excluding hydrogens is 300 g/mol. The van der Waals surface area contributed by atoms with Crippen LogP contribution in [-0.4, -0.2) is 29.0 Å². The Balaban J connectivity index is 2.08. The van der Waals surface area contributed by atoms with Crippen LogP contribution < -0.4 is 10.2 Å². The lowest BCUT2D eigenvalue weighted by Crippen LogP contribution is -2.26. The number of rotatable bonds is 7. The van der Waals surface area contributed by atoms with E-state index in [4.69, 9.17) is 0 Å². The zero-order valence-electron chi connectivity index (χ0n) is 15.0. The van der Waals surface area contributed by atoms with Crippen LogP contribution in [0.25, 0.3) is 0 Å². The summed E-state index contributed by atoms with van der Waals surface area (Å²) in [6, 6.07) is 5.85. The van der Waals surface area contributed by atoms with Gasteiger partial charge in [-0.15, -0.1) is 0 Å². The van der Waals surface area contributed by atoms with Crippen molar-refractivity contribution in [1.29, 1.82) is 0 Å². The van der Waals surface area contributed by atoms with Crippen LogP contribution in [0, 0.1) is 13.8 Å². The summed E-state index contributed by atoms with van der Waals surface area (Å²) in [7, 11) is 0. The second-order valence-electron chi connectivity index (χ2n) is 6.00. The van der Waals surface area contributed by atoms with Gasteiger partial charge in [-0.05, 0) is 49.9 Å². The van der Waals surface area contributed by atoms with Crippen molar-refractivity contribution in [3.8, 4) is 0 Å². The van der Waals surface area contributed by atoms with Gasteiger partial charge in [0.05, 0.1) is 12.4 Å². The van der Waals surface area contributed by atoms with Crippen molar-refractivity contribution in [2.75, 3.05) is 23.3 Å². The maximum Gasteiger partial charge on any atom is 0.275 e. The summed E-state index contributed by atoms with van der Waals surface area (Å²) in [6.07, 6.45) is 5.33. The molecule has 0 fully saturated rings. The molecule has 0 radical (unpaired) electrons. The highest BCUT2D eigenvalue weighted by Gasteiger charge is 2.11. The first-order valence-electron chi connectivity index (χ1n) is 8.50. The van der Waals surface area contributed by atoms with E-state index in [-0.39, 0.29) is 5.91 Å². The molecule has 0 aliphatic heterocycles. The molecule has 1 amide bonds. The average molecular weight is 326 g/mol. The molecule has 5 nitrogen and oxygen atoms in total. The monoisotopic (exact) mass is 326 g/mol. The predicted octanol–water partition coefficient (Wildman–Crippen LogP) is 3.97. The standard InChI is InChI=1S/C19H26N4O/c1-5-9-23(10-6-2)18-13-20-17(12-21-18)19(24)22-16-8-7-14(3)15(4)11-16/h7-8,11-13H,5-6,9-10H2,1-4H3,(H,22,24). The highest BCUT2D eigenvalue weighted by molar-refractivity contribution is 6.02. The van der Waals surface area contributed by atoms with Crippen molar-refractivity contribution < 1.29 is 4.79 Å². The van der Waals surface area contributed by atoms with Gasteiger partial charge >= 0.3 is 0 Å². The first-order chi connectivity index (χ1) is 11.5. The Hall–Kier alpha value is -2.43. The van der Waals surface area contributed by atoms with Gasteiger partial charge in [0.1, 0.15) is 11.5 Å². The van der Waals surface area contributed by atoms with Gasteiger partial charge in [0.2, 0.25) is 0 Å². The zero-order valence-corrected chi connectivity index (χ0v) is 15.0. The summed E-state index contributed by atoms with van der Waals surface area (Å²) in [4.78, 5) is 23.2. The summed E-state index contributed by atoms with van der Waals surface area (Å²) in [5.41, 5.74) is 3.44. The van der Waals surface area contributed by atoms with E-state index in [1.807, 2.05) is 32.0 Å². The molecule has 0 saturated carbocycles. The lowest BCUT2D eigenvalue weighted by atomic mass is 10.1. The fraction of sp³-hybridized carbons (Fsp3) is 0.421. The molecule has 0 bridgehead atoms. The van der Waals surface area contributed by atoms with Crippen LogP contribution in [-0.2, 0) is 0 Å². The molecule has 0 aliphatic carbocycles. The molecule has 5 heteroatoms. The number of hydrogen-bond acceptors (Lipinski definition) is 4. The average Bonchev–Trinajstić information content (AvgIpc) is 2.58. The van der Waals surface area contributed by atoms with E-state index in [0.717, 1.165) is 43.0 Å². The molecule has 0 atom stereocenters. The molecule has 0 unspecified atom stereocenters. The van der Waals surface area contributed by atoms with Crippen molar-refractivity contribution in [1.82, 2.24) is 9.97 Å². The first-order valence-corrected chi connectivity index (χ1v) is 8.50. The van der Waals surface area contributed by atoms with Crippen molar-refractivity contribution in [3.63, 3.8) is 0 Å². The Morgan fingerprint density at radius 1 is 1.04 bits per heavy atom. The molecular formula is C19H26N4O. The molecule has 1 N–H and O–H groups in total. The smallest absolute Gasteiger partial charge is 0.275 e. The molecule has 24 heavy (non-hydrogen) atoms. The Morgan fingerprint density at radius 3 is 2.29 bits per heavy atom. The number of amides is 1. The summed E-state index contributed by atoms with van der Waals surface area (Å²) in [5.74, 6) is 0.580. The van der Waals surface area contributed by atoms with E-state index in [9.17, 15) is 4.79 Å². The van der Waals surface area contributed by atoms with E-state index >= 15 is 0 Å². The summed E-state index contributed by atoms with van der Waals surface area (Å²) in [5, 5.41) is 2.87. The van der Waals surface area contributed by atoms with E-state index in [1.54, 1.807) is 12.4 Å². The molecule has 128 valence electrons. The van der Waals surface area contributed by atoms with Gasteiger partial charge in [-0.2, -0.15) is 0 Å². The summed E-state index contributed by atoms with van der Waals surface area (Å²) < 4.78 is 0. The van der Waals surface area contributed by atoms with Crippen molar-refractivity contribution in [2.45, 2.75) is 40.5 Å². The molecule has 0 spiro atoms. The van der Waals surface area contributed by atoms with Gasteiger partial charge < -0.3 is 10.2 Å². The van der Waals surface area contributed by atoms with Crippen molar-refractivity contribution in [3.05, 3.63) is 47.4 Å². The lowest BCUT2D eigenvalue weighted by molar-refractivity contribution is 0.102. The Bertz CT molecular complexity index is 676. The van der Waals surface area contributed by atoms with E-state index in [1.165, 1.54) is 5.56 Å². The SMILES string of the molecule is CCCN(CCC)c1cnc(C(=O)Nc2ccc(C)c(C)c2)cn1. The molecule has 1 heterocycles. The Labute approximate surface area is 144 Å². The number of aromatic nitrogens is 2. The summed E-state index contributed by atoms with van der Waals surface area (Å²) in [6.45, 7) is 10.2. The largest absolute Gasteiger partial charge is 0.355 e. The highest BCUT2D eigenvalue weighted by Crippen LogP contribution is 2.15. The van der Waals surface area contributed by atoms with Crippen molar-refractivity contribution in [2.24, 2.45) is 0 Å². The third-order valence-corrected chi connectivity index (χ3v) is 3.95. The lowest BCUT2D eigenvalue weighted by Gasteiger charge is -2.22. The van der Waals surface area contributed by atoms with Gasteiger partial charge in [-0.3, -0.25) is 4.79 Å². The normalized spacial score (nSPS) is 10.5. The molecule has 2 rings (SSSR count). The van der Waals surface area contributed by atoms with Crippen LogP contribution in [0.15, 0.2) is 30.6 Å². The number of carbonyl (C=O) groups excluding carboxylic acids is 1. The molecule has 0 saturated heterocycles. The van der Waals surface area contributed by atoms with E-state index < -0.39 is 0 Å². The van der Waals surface area contributed by atoms with Crippen LogP contribution in [0.4, 0.5) is 11.5 Å². The minimum Gasteiger partial charge on any atom is -0.355 e. The molecule has 1 aromatic heterocycles. The molecule has 2 aromatic rings. The quantitative estimate of drug-likeness (QED) is 0.836. The van der Waals surface area contributed by atoms with Crippen molar-refractivity contribution >= 4 is 17.4 Å². The van der Waals surface area contributed by atoms with Crippen LogP contribution >= 0.6 is 0 Å². The number of carbonyl (C=O) groups is 1. The second-order valence-corrected chi connectivity index (χ2v) is 6.00. The van der Waals surface area contributed by atoms with Crippen LogP contribution in [0.2, 0.25) is 0 Å². The minimum absolute atomic E-state index is 0.241. The molecule has 1 aromatic carbocycles. The van der Waals surface area contributed by atoms with Gasteiger partial charge in [-0.1, -0.05) is 19.9 Å². The Kier molecular flexibility index (Phi) is 6.29. The third-order valence-electron chi connectivity index (χ3n) is 3.95. The number of nitrogens with zero attached hydrogens (tertiary/aromatic N) is 3. The van der Waals surface area contributed by atoms with E-state index in [0.29, 0.717) is 5.69 Å². The topological polar surface area (TPSA) is 58.1 Å². The van der Waals surface area contributed by atoms with Gasteiger partial charge in [-0.25, -0.2) is 9.97 Å². The van der Waals surface area contributed by atoms with Gasteiger partial charge in [0.25, 0.3) is 5.91 Å². The predicted molar refractivity (Wildman–Crippen MR) is 98.7 cm³/mol. The fourth-order valence-electron chi connectivity index (χ4n) is 2.50. The maximum atomic E-state index is 12.3. The Morgan fingerprint density at radius 2 is 1.75 bits per heavy atom. The molecule has 0 aliphatic rings. The number of aryl methyl sites for hydroxylation is 2. The number of anilines is 2. The van der Waals surface area contributed by atoms with Crippen LogP contribution in [0.1, 0.15) is 48.3 Å². The summed E-state index contributed by atoms with van der Waals surface area (Å²) >= 11 is 0. The maximum absolute atomic E-state index is 12.3. The zero-order chi connectivity index (χ0) is 17.5. The first kappa shape index (κ1) is 17.9. The van der Waals surface area contributed by atoms with Gasteiger partial charge in [0.15, 0.2) is 0 Å². The second kappa shape index (κ2) is 8.43. The fourth-order valence-corrected chi connectivity index (χ4v) is 2.50. The minimum atomic E-state index is -0.241. The highest BCUT2D eigenvalue weighted by atomic mass is 16.1. The van der Waals surface area contributed by atoms with Crippen LogP contribution in [0.3, 0.4) is 0 Å². The van der Waals surface area contributed by atoms with Crippen LogP contribution in [0.5, 0.6) is 0 Å². The van der Waals surface area contributed by atoms with Gasteiger partial charge in [0, 0.05) is 18.8 Å². The number of nitrogens with one attached hydrogen (secondary N) is 1. The number of benzene rings is 1. The third kappa shape index (κ3) is 4.54. The van der Waals surface area contributed by atoms with E-state index in [2.05, 4.69) is 34.0 Å². The number of hydrogen-bond donors (Lipinski definition) is 1.